The summed E-state index contributed by atoms with van der Waals surface area (Å²) < 4.78 is 0. The Labute approximate surface area is 172 Å². The van der Waals surface area contributed by atoms with Crippen molar-refractivity contribution in [1.82, 2.24) is 0 Å². The van der Waals surface area contributed by atoms with Crippen LogP contribution in [-0.4, -0.2) is 106 Å². The van der Waals surface area contributed by atoms with Gasteiger partial charge in [-0.1, -0.05) is 0 Å². The summed E-state index contributed by atoms with van der Waals surface area (Å²) in [7, 11) is 0. The maximum Gasteiger partial charge on any atom is 2.00 e. The van der Waals surface area contributed by atoms with E-state index in [-0.39, 0.29) is 177 Å². The topological polar surface area (TPSA) is 0 Å². The molecule has 0 saturated heterocycles. The molecule has 0 aliphatic carbocycles. The van der Waals surface area contributed by atoms with Crippen LogP contribution in [-0.2, 0) is 0 Å². The molecule has 0 rings (SSSR count). The first kappa shape index (κ1) is 31.3. The Bertz CT molecular complexity index is 22.1. The second kappa shape index (κ2) is 22.7. The van der Waals surface area contributed by atoms with Crippen LogP contribution in [0.5, 0.6) is 0 Å². The fourth-order valence-electron chi connectivity index (χ4n) is 0. The average Bonchev–Trinajstić information content (AvgIpc) is 0. The molecule has 0 saturated carbocycles. The Morgan fingerprint density at radius 1 is 1.00 bits per heavy atom. The van der Waals surface area contributed by atoms with Crippen molar-refractivity contribution >= 4 is 106 Å². The molecule has 0 amide bonds. The van der Waals surface area contributed by atoms with Crippen molar-refractivity contribution in [2.75, 3.05) is 0 Å². The van der Waals surface area contributed by atoms with Crippen molar-refractivity contribution in [2.45, 2.75) is 0 Å². The Morgan fingerprint density at radius 3 is 1.00 bits per heavy atom. The molecule has 0 aromatic carbocycles. The van der Waals surface area contributed by atoms with E-state index in [0.717, 1.165) is 0 Å². The molecule has 0 aromatic heterocycles. The van der Waals surface area contributed by atoms with Gasteiger partial charge in [0.2, 0.25) is 0 Å². The summed E-state index contributed by atoms with van der Waals surface area (Å²) >= 11 is 0. The molecule has 5 heavy (non-hydrogen) atoms. The van der Waals surface area contributed by atoms with E-state index >= 15 is 0 Å². The van der Waals surface area contributed by atoms with Crippen molar-refractivity contribution in [1.29, 1.82) is 0 Å². The first-order valence-corrected chi connectivity index (χ1v) is 0. The van der Waals surface area contributed by atoms with E-state index in [1.165, 1.54) is 0 Å². The third kappa shape index (κ3) is 17.7. The normalized spacial score (nSPS) is 0. The van der Waals surface area contributed by atoms with E-state index < -0.39 is 0 Å². The molecule has 0 fully saturated rings. The van der Waals surface area contributed by atoms with Crippen LogP contribution in [0.25, 0.3) is 0 Å². The van der Waals surface area contributed by atoms with Gasteiger partial charge in [-0.2, -0.15) is 0 Å². The average molecular weight is 206 g/mol. The van der Waals surface area contributed by atoms with Crippen LogP contribution in [0.2, 0.25) is 0 Å². The molecule has 0 bridgehead atoms. The van der Waals surface area contributed by atoms with Gasteiger partial charge in [0, 0.05) is 0 Å². The quantitative estimate of drug-likeness (QED) is 0.346. The van der Waals surface area contributed by atoms with Crippen LogP contribution < -0.4 is 59.1 Å². The van der Waals surface area contributed by atoms with Gasteiger partial charge in [0.15, 0.2) is 0 Å². The van der Waals surface area contributed by atoms with Crippen LogP contribution in [0.3, 0.4) is 0 Å². The minimum Gasteiger partial charge on any atom is -1.00 e. The third-order valence-electron chi connectivity index (χ3n) is 0. The summed E-state index contributed by atoms with van der Waals surface area (Å²) in [4.78, 5) is 0. The van der Waals surface area contributed by atoms with Crippen LogP contribution in [0.15, 0.2) is 0 Å². The zero-order chi connectivity index (χ0) is 0. The van der Waals surface area contributed by atoms with E-state index in [0.29, 0.717) is 0 Å². The van der Waals surface area contributed by atoms with Gasteiger partial charge in [-0.25, -0.2) is 0 Å². The van der Waals surface area contributed by atoms with Gasteiger partial charge >= 0.3 is 165 Å². The summed E-state index contributed by atoms with van der Waals surface area (Å²) in [5.74, 6) is 0. The van der Waals surface area contributed by atoms with Crippen LogP contribution >= 0.6 is 0 Å². The van der Waals surface area contributed by atoms with Crippen molar-refractivity contribution in [3.8, 4) is 0 Å². The van der Waals surface area contributed by atoms with Crippen LogP contribution in [0.4, 0.5) is 0 Å². The molecule has 0 atom stereocenters. The predicted octanol–water partition coefficient (Wildman–Crippen LogP) is -6.23. The smallest absolute Gasteiger partial charge is 1.00 e. The maximum atomic E-state index is 0. The zero-order valence-electron chi connectivity index (χ0n) is 12.1. The van der Waals surface area contributed by atoms with Gasteiger partial charge in [0.05, 0.1) is 0 Å². The standard InChI is InChI=1S/Ca.Mg.2Na.Sr.8H/q2*+2;2*+1;+2;8*-1. The van der Waals surface area contributed by atoms with Crippen molar-refractivity contribution in [2.24, 2.45) is 0 Å². The second-order valence-electron chi connectivity index (χ2n) is 0. The molecule has 0 aliphatic heterocycles. The first-order chi connectivity index (χ1) is 0. The number of hydrogen-bond donors (Lipinski definition) is 0. The minimum atomic E-state index is 0. The van der Waals surface area contributed by atoms with E-state index in [1.54, 1.807) is 0 Å². The van der Waals surface area contributed by atoms with Crippen molar-refractivity contribution in [3.63, 3.8) is 0 Å². The summed E-state index contributed by atoms with van der Waals surface area (Å²) in [6.07, 6.45) is 0. The van der Waals surface area contributed by atoms with E-state index in [2.05, 4.69) is 0 Å². The molecule has 0 N–H and O–H groups in total. The van der Waals surface area contributed by atoms with Gasteiger partial charge in [0.1, 0.15) is 0 Å². The fraction of sp³-hybridized carbons (Fsp3) is 0. The summed E-state index contributed by atoms with van der Waals surface area (Å²) in [5, 5.41) is 0. The van der Waals surface area contributed by atoms with E-state index in [4.69, 9.17) is 0 Å². The van der Waals surface area contributed by atoms with Gasteiger partial charge < -0.3 is 11.4 Å². The van der Waals surface area contributed by atoms with Crippen molar-refractivity contribution < 1.29 is 70.5 Å². The SMILES string of the molecule is [Ca+2].[H-].[H-].[H-].[H-].[H-].[H-].[H-].[H-].[Mg+2].[Na+].[Na+].[Sr+2]. The second-order valence-corrected chi connectivity index (χ2v) is 0. The fourth-order valence-corrected chi connectivity index (χ4v) is 0. The molecule has 0 aromatic rings. The van der Waals surface area contributed by atoms with Crippen LogP contribution in [0, 0.1) is 0 Å². The molecule has 0 heterocycles. The van der Waals surface area contributed by atoms with Gasteiger partial charge in [-0.05, 0) is 0 Å². The molecule has 5 heteroatoms. The third-order valence-corrected chi connectivity index (χ3v) is 0. The largest absolute Gasteiger partial charge is 2.00 e. The molecule has 16 valence electrons. The molecule has 0 aliphatic rings. The molecule has 0 spiro atoms. The Hall–Kier alpha value is 5.51. The minimum absolute atomic E-state index is 0. The zero-order valence-corrected chi connectivity index (χ0v) is 15.2. The Kier molecular flexibility index (Phi) is 142. The van der Waals surface area contributed by atoms with E-state index in [9.17, 15) is 0 Å². The van der Waals surface area contributed by atoms with Gasteiger partial charge in [-0.15, -0.1) is 0 Å². The summed E-state index contributed by atoms with van der Waals surface area (Å²) in [6.45, 7) is 0. The van der Waals surface area contributed by atoms with Gasteiger partial charge in [0.25, 0.3) is 0 Å². The predicted molar refractivity (Wildman–Crippen MR) is 26.2 cm³/mol. The van der Waals surface area contributed by atoms with Crippen molar-refractivity contribution in [3.05, 3.63) is 0 Å². The summed E-state index contributed by atoms with van der Waals surface area (Å²) in [5.41, 5.74) is 0. The monoisotopic (exact) mass is 206 g/mol. The Balaban J connectivity index is 0. The van der Waals surface area contributed by atoms with E-state index in [1.807, 2.05) is 0 Å². The summed E-state index contributed by atoms with van der Waals surface area (Å²) in [6, 6.07) is 0. The molecular formula is H8CaMgNa2Sr. The first-order valence-electron chi connectivity index (χ1n) is 0. The molecular weight excluding hydrogens is 198 g/mol. The van der Waals surface area contributed by atoms with Crippen LogP contribution in [0.1, 0.15) is 11.4 Å². The maximum absolute atomic E-state index is 0. The molecule has 0 unspecified atom stereocenters. The Morgan fingerprint density at radius 2 is 1.00 bits per heavy atom. The number of rotatable bonds is 0. The number of hydrogen-bond acceptors (Lipinski definition) is 0. The van der Waals surface area contributed by atoms with Gasteiger partial charge in [-0.3, -0.25) is 0 Å². The molecule has 0 radical (unpaired) electrons. The molecule has 0 nitrogen and oxygen atoms in total.